The molecule has 0 aliphatic rings. The van der Waals surface area contributed by atoms with Crippen LogP contribution in [0.2, 0.25) is 0 Å². The van der Waals surface area contributed by atoms with Crippen LogP contribution in [-0.2, 0) is 4.79 Å². The van der Waals surface area contributed by atoms with Crippen molar-refractivity contribution in [2.75, 3.05) is 7.11 Å². The summed E-state index contributed by atoms with van der Waals surface area (Å²) in [6, 6.07) is 12.1. The van der Waals surface area contributed by atoms with Gasteiger partial charge in [-0.25, -0.2) is 0 Å². The molecule has 5 nitrogen and oxygen atoms in total. The number of allylic oxidation sites excluding steroid dienone is 4. The quantitative estimate of drug-likeness (QED) is 0.0753. The fraction of sp³-hybridized carbons (Fsp3) is 0.412. The van der Waals surface area contributed by atoms with Crippen LogP contribution in [0.5, 0.6) is 11.5 Å². The highest BCUT2D eigenvalue weighted by Gasteiger charge is 2.12. The van der Waals surface area contributed by atoms with Gasteiger partial charge in [0.25, 0.3) is 0 Å². The Hall–Kier alpha value is -3.60. The van der Waals surface area contributed by atoms with Crippen LogP contribution in [-0.4, -0.2) is 13.1 Å². The molecule has 1 heterocycles. The van der Waals surface area contributed by atoms with E-state index in [0.717, 1.165) is 43.4 Å². The van der Waals surface area contributed by atoms with E-state index >= 15 is 0 Å². The zero-order valence-corrected chi connectivity index (χ0v) is 23.5. The minimum absolute atomic E-state index is 0.135. The van der Waals surface area contributed by atoms with E-state index in [-0.39, 0.29) is 11.4 Å². The number of hydrogen-bond acceptors (Lipinski definition) is 5. The predicted octanol–water partition coefficient (Wildman–Crippen LogP) is 9.19. The van der Waals surface area contributed by atoms with Crippen molar-refractivity contribution in [2.24, 2.45) is 0 Å². The maximum Gasteiger partial charge on any atom is 0.311 e. The number of hydrogen-bond donors (Lipinski definition) is 0. The first-order chi connectivity index (χ1) is 19.1. The lowest BCUT2D eigenvalue weighted by Crippen LogP contribution is -2.08. The molecule has 0 saturated heterocycles. The number of methoxy groups -OCH3 is 1. The molecule has 0 unspecified atom stereocenters. The number of fused-ring (bicyclic) bond motifs is 1. The smallest absolute Gasteiger partial charge is 0.311 e. The first kappa shape index (κ1) is 29.9. The molecule has 208 valence electrons. The van der Waals surface area contributed by atoms with Crippen LogP contribution in [0.15, 0.2) is 82.2 Å². The maximum absolute atomic E-state index is 13.0. The Labute approximate surface area is 232 Å². The van der Waals surface area contributed by atoms with E-state index in [1.165, 1.54) is 44.8 Å². The summed E-state index contributed by atoms with van der Waals surface area (Å²) in [5.74, 6) is 0.836. The minimum atomic E-state index is -0.266. The molecule has 2 aromatic carbocycles. The van der Waals surface area contributed by atoms with E-state index in [2.05, 4.69) is 31.2 Å². The maximum atomic E-state index is 13.0. The van der Waals surface area contributed by atoms with E-state index in [9.17, 15) is 9.59 Å². The van der Waals surface area contributed by atoms with Gasteiger partial charge in [-0.05, 0) is 68.4 Å². The molecule has 5 heteroatoms. The highest BCUT2D eigenvalue weighted by atomic mass is 16.5. The van der Waals surface area contributed by atoms with E-state index in [4.69, 9.17) is 13.9 Å². The third-order valence-electron chi connectivity index (χ3n) is 6.71. The zero-order valence-electron chi connectivity index (χ0n) is 23.5. The average Bonchev–Trinajstić information content (AvgIpc) is 2.95. The summed E-state index contributed by atoms with van der Waals surface area (Å²) in [4.78, 5) is 25.3. The molecule has 3 aromatic rings. The van der Waals surface area contributed by atoms with Gasteiger partial charge in [0.2, 0.25) is 0 Å². The van der Waals surface area contributed by atoms with Gasteiger partial charge >= 0.3 is 5.97 Å². The summed E-state index contributed by atoms with van der Waals surface area (Å²) < 4.78 is 16.4. The Morgan fingerprint density at radius 1 is 0.821 bits per heavy atom. The summed E-state index contributed by atoms with van der Waals surface area (Å²) in [6.45, 7) is 2.23. The molecule has 0 radical (unpaired) electrons. The molecule has 0 aliphatic carbocycles. The van der Waals surface area contributed by atoms with Gasteiger partial charge in [-0.2, -0.15) is 0 Å². The van der Waals surface area contributed by atoms with Crippen LogP contribution in [0.25, 0.3) is 22.1 Å². The van der Waals surface area contributed by atoms with Gasteiger partial charge in [0, 0.05) is 12.5 Å². The third-order valence-corrected chi connectivity index (χ3v) is 6.71. The zero-order chi connectivity index (χ0) is 27.7. The summed E-state index contributed by atoms with van der Waals surface area (Å²) >= 11 is 0. The van der Waals surface area contributed by atoms with Crippen molar-refractivity contribution < 1.29 is 18.7 Å². The fourth-order valence-electron chi connectivity index (χ4n) is 4.41. The summed E-state index contributed by atoms with van der Waals surface area (Å²) in [6.07, 6.45) is 23.5. The molecule has 0 amide bonds. The normalized spacial score (nSPS) is 11.5. The molecular formula is C34H42O5. The number of carbonyl (C=O) groups excluding carboxylic acids is 1. The lowest BCUT2D eigenvalue weighted by molar-refractivity contribution is -0.134. The van der Waals surface area contributed by atoms with Crippen molar-refractivity contribution in [1.82, 2.24) is 0 Å². The first-order valence-electron chi connectivity index (χ1n) is 14.3. The predicted molar refractivity (Wildman–Crippen MR) is 159 cm³/mol. The highest BCUT2D eigenvalue weighted by Crippen LogP contribution is 2.25. The number of esters is 1. The van der Waals surface area contributed by atoms with Gasteiger partial charge in [-0.1, -0.05) is 75.5 Å². The second-order valence-corrected chi connectivity index (χ2v) is 9.82. The largest absolute Gasteiger partial charge is 0.497 e. The minimum Gasteiger partial charge on any atom is -0.497 e. The van der Waals surface area contributed by atoms with E-state index in [0.29, 0.717) is 28.7 Å². The SMILES string of the molecule is CCCCC/C=C/C/C=C/CCCCCCCC(=O)Oc1ccc2c(=O)c(-c3ccc(OC)cc3)coc2c1. The molecule has 3 rings (SSSR count). The molecule has 0 spiro atoms. The number of ether oxygens (including phenoxy) is 2. The van der Waals surface area contributed by atoms with Crippen LogP contribution < -0.4 is 14.9 Å². The van der Waals surface area contributed by atoms with Gasteiger partial charge in [0.1, 0.15) is 23.3 Å². The Kier molecular flexibility index (Phi) is 13.1. The third kappa shape index (κ3) is 10.2. The summed E-state index contributed by atoms with van der Waals surface area (Å²) in [5.41, 5.74) is 1.47. The Balaban J connectivity index is 1.34. The van der Waals surface area contributed by atoms with Crippen molar-refractivity contribution in [2.45, 2.75) is 84.0 Å². The standard InChI is InChI=1S/C34H42O5/c1-3-4-5-6-7-8-9-10-11-12-13-14-15-16-17-18-33(35)39-29-23-24-30-32(25-29)38-26-31(34(30)36)27-19-21-28(37-2)22-20-27/h7-8,10-11,19-26H,3-6,9,12-18H2,1-2H3/b8-7+,11-10+. The van der Waals surface area contributed by atoms with E-state index in [1.807, 2.05) is 12.1 Å². The first-order valence-corrected chi connectivity index (χ1v) is 14.3. The Morgan fingerprint density at radius 3 is 2.21 bits per heavy atom. The molecule has 0 atom stereocenters. The Morgan fingerprint density at radius 2 is 1.49 bits per heavy atom. The fourth-order valence-corrected chi connectivity index (χ4v) is 4.41. The van der Waals surface area contributed by atoms with E-state index in [1.54, 1.807) is 37.4 Å². The van der Waals surface area contributed by atoms with Crippen LogP contribution in [0, 0.1) is 0 Å². The van der Waals surface area contributed by atoms with Gasteiger partial charge in [0.05, 0.1) is 18.1 Å². The van der Waals surface area contributed by atoms with Crippen LogP contribution in [0.4, 0.5) is 0 Å². The lowest BCUT2D eigenvalue weighted by Gasteiger charge is -2.07. The van der Waals surface area contributed by atoms with E-state index < -0.39 is 0 Å². The van der Waals surface area contributed by atoms with Crippen LogP contribution in [0.3, 0.4) is 0 Å². The molecule has 0 saturated carbocycles. The summed E-state index contributed by atoms with van der Waals surface area (Å²) in [5, 5.41) is 0.442. The van der Waals surface area contributed by atoms with Gasteiger partial charge in [-0.3, -0.25) is 9.59 Å². The molecule has 39 heavy (non-hydrogen) atoms. The molecule has 0 aliphatic heterocycles. The second kappa shape index (κ2) is 17.1. The molecule has 0 bridgehead atoms. The molecule has 1 aromatic heterocycles. The van der Waals surface area contributed by atoms with Crippen molar-refractivity contribution in [1.29, 1.82) is 0 Å². The number of rotatable bonds is 17. The van der Waals surface area contributed by atoms with Gasteiger partial charge < -0.3 is 13.9 Å². The number of unbranched alkanes of at least 4 members (excludes halogenated alkanes) is 8. The monoisotopic (exact) mass is 530 g/mol. The summed E-state index contributed by atoms with van der Waals surface area (Å²) in [7, 11) is 1.60. The van der Waals surface area contributed by atoms with Crippen molar-refractivity contribution in [3.63, 3.8) is 0 Å². The van der Waals surface area contributed by atoms with Crippen molar-refractivity contribution in [3.8, 4) is 22.6 Å². The van der Waals surface area contributed by atoms with Gasteiger partial charge in [0.15, 0.2) is 5.43 Å². The number of benzene rings is 2. The van der Waals surface area contributed by atoms with Crippen molar-refractivity contribution >= 4 is 16.9 Å². The molecule has 0 fully saturated rings. The highest BCUT2D eigenvalue weighted by molar-refractivity contribution is 5.83. The average molecular weight is 531 g/mol. The molecule has 0 N–H and O–H groups in total. The Bertz CT molecular complexity index is 1270. The second-order valence-electron chi connectivity index (χ2n) is 9.82. The molecular weight excluding hydrogens is 488 g/mol. The van der Waals surface area contributed by atoms with Crippen LogP contribution in [0.1, 0.15) is 84.0 Å². The lowest BCUT2D eigenvalue weighted by atomic mass is 10.1. The number of carbonyl (C=O) groups is 1. The topological polar surface area (TPSA) is 65.7 Å². The van der Waals surface area contributed by atoms with Gasteiger partial charge in [-0.15, -0.1) is 0 Å². The van der Waals surface area contributed by atoms with Crippen LogP contribution >= 0.6 is 0 Å². The van der Waals surface area contributed by atoms with Crippen molar-refractivity contribution in [3.05, 3.63) is 83.3 Å².